The van der Waals surface area contributed by atoms with E-state index in [4.69, 9.17) is 5.73 Å². The van der Waals surface area contributed by atoms with Crippen molar-refractivity contribution >= 4 is 29.0 Å². The molecule has 0 aliphatic heterocycles. The lowest BCUT2D eigenvalue weighted by atomic mass is 10.1. The lowest BCUT2D eigenvalue weighted by molar-refractivity contribution is -0.385. The summed E-state index contributed by atoms with van der Waals surface area (Å²) in [6.45, 7) is 1.92. The number of rotatable bonds is 6. The van der Waals surface area contributed by atoms with Gasteiger partial charge in [-0.25, -0.2) is 0 Å². The first-order valence-electron chi connectivity index (χ1n) is 6.18. The first-order valence-corrected chi connectivity index (χ1v) is 7.57. The number of carbonyl (C=O) groups is 1. The van der Waals surface area contributed by atoms with Crippen molar-refractivity contribution in [1.82, 2.24) is 4.90 Å². The summed E-state index contributed by atoms with van der Waals surface area (Å²) in [5, 5.41) is 11.0. The summed E-state index contributed by atoms with van der Waals surface area (Å²) in [6, 6.07) is 4.06. The maximum absolute atomic E-state index is 12.4. The van der Waals surface area contributed by atoms with Gasteiger partial charge in [0, 0.05) is 24.8 Å². The maximum Gasteiger partial charge on any atom is 0.282 e. The second kappa shape index (κ2) is 7.14. The molecule has 7 heteroatoms. The molecule has 0 spiro atoms. The van der Waals surface area contributed by atoms with Gasteiger partial charge < -0.3 is 10.6 Å². The Morgan fingerprint density at radius 1 is 1.55 bits per heavy atom. The summed E-state index contributed by atoms with van der Waals surface area (Å²) >= 11 is 1.70. The summed E-state index contributed by atoms with van der Waals surface area (Å²) < 4.78 is 0. The van der Waals surface area contributed by atoms with E-state index in [0.717, 1.165) is 12.2 Å². The van der Waals surface area contributed by atoms with E-state index < -0.39 is 4.92 Å². The highest BCUT2D eigenvalue weighted by Crippen LogP contribution is 2.23. The predicted octanol–water partition coefficient (Wildman–Crippen LogP) is 2.39. The maximum atomic E-state index is 12.4. The minimum absolute atomic E-state index is 0.0102. The topological polar surface area (TPSA) is 89.5 Å². The quantitative estimate of drug-likeness (QED) is 0.494. The van der Waals surface area contributed by atoms with E-state index in [-0.39, 0.29) is 23.2 Å². The third-order valence-electron chi connectivity index (χ3n) is 3.17. The van der Waals surface area contributed by atoms with Crippen molar-refractivity contribution in [2.45, 2.75) is 19.4 Å². The van der Waals surface area contributed by atoms with E-state index in [1.165, 1.54) is 23.1 Å². The van der Waals surface area contributed by atoms with Gasteiger partial charge in [-0.05, 0) is 37.5 Å². The molecule has 1 atom stereocenters. The first kappa shape index (κ1) is 16.3. The molecule has 6 nitrogen and oxygen atoms in total. The standard InChI is InChI=1S/C13H19N3O3S/c1-9(6-7-20-3)15(2)13(17)11-8-10(14)4-5-12(11)16(18)19/h4-5,8-9H,6-7,14H2,1-3H3. The van der Waals surface area contributed by atoms with Crippen LogP contribution in [0.15, 0.2) is 18.2 Å². The first-order chi connectivity index (χ1) is 9.38. The fourth-order valence-corrected chi connectivity index (χ4v) is 2.33. The van der Waals surface area contributed by atoms with E-state index in [1.54, 1.807) is 18.8 Å². The second-order valence-corrected chi connectivity index (χ2v) is 5.57. The molecule has 1 aromatic carbocycles. The van der Waals surface area contributed by atoms with E-state index in [2.05, 4.69) is 0 Å². The Hall–Kier alpha value is -1.76. The van der Waals surface area contributed by atoms with E-state index in [0.29, 0.717) is 5.69 Å². The van der Waals surface area contributed by atoms with Gasteiger partial charge in [-0.15, -0.1) is 0 Å². The Morgan fingerprint density at radius 2 is 2.20 bits per heavy atom. The van der Waals surface area contributed by atoms with E-state index in [9.17, 15) is 14.9 Å². The Labute approximate surface area is 122 Å². The molecule has 0 bridgehead atoms. The fraction of sp³-hybridized carbons (Fsp3) is 0.462. The average molecular weight is 297 g/mol. The van der Waals surface area contributed by atoms with Gasteiger partial charge in [0.05, 0.1) is 4.92 Å². The van der Waals surface area contributed by atoms with Crippen LogP contribution in [0.4, 0.5) is 11.4 Å². The number of nitrogens with two attached hydrogens (primary N) is 1. The summed E-state index contributed by atoms with van der Waals surface area (Å²) in [4.78, 5) is 24.3. The molecule has 1 rings (SSSR count). The summed E-state index contributed by atoms with van der Waals surface area (Å²) in [5.74, 6) is 0.551. The molecule has 1 unspecified atom stereocenters. The minimum atomic E-state index is -0.562. The molecular weight excluding hydrogens is 278 g/mol. The minimum Gasteiger partial charge on any atom is -0.399 e. The van der Waals surface area contributed by atoms with Crippen LogP contribution in [-0.4, -0.2) is 40.8 Å². The van der Waals surface area contributed by atoms with Crippen LogP contribution < -0.4 is 5.73 Å². The fourth-order valence-electron chi connectivity index (χ4n) is 1.76. The van der Waals surface area contributed by atoms with Gasteiger partial charge >= 0.3 is 0 Å². The van der Waals surface area contributed by atoms with Gasteiger partial charge in [0.1, 0.15) is 5.56 Å². The van der Waals surface area contributed by atoms with Gasteiger partial charge in [-0.2, -0.15) is 11.8 Å². The number of nitrogen functional groups attached to an aromatic ring is 1. The zero-order valence-electron chi connectivity index (χ0n) is 11.8. The summed E-state index contributed by atoms with van der Waals surface area (Å²) in [5.41, 5.74) is 5.78. The zero-order chi connectivity index (χ0) is 15.3. The number of carbonyl (C=O) groups excluding carboxylic acids is 1. The molecule has 0 aliphatic rings. The van der Waals surface area contributed by atoms with Crippen molar-refractivity contribution in [2.24, 2.45) is 0 Å². The second-order valence-electron chi connectivity index (χ2n) is 4.58. The molecule has 2 N–H and O–H groups in total. The van der Waals surface area contributed by atoms with Crippen LogP contribution in [0.1, 0.15) is 23.7 Å². The highest BCUT2D eigenvalue weighted by atomic mass is 32.2. The number of nitro benzene ring substituents is 1. The molecule has 0 heterocycles. The largest absolute Gasteiger partial charge is 0.399 e. The van der Waals surface area contributed by atoms with Crippen LogP contribution in [0.3, 0.4) is 0 Å². The van der Waals surface area contributed by atoms with Gasteiger partial charge in [0.15, 0.2) is 0 Å². The van der Waals surface area contributed by atoms with E-state index >= 15 is 0 Å². The number of benzene rings is 1. The number of thioether (sulfide) groups is 1. The molecule has 20 heavy (non-hydrogen) atoms. The van der Waals surface area contributed by atoms with Gasteiger partial charge in [-0.1, -0.05) is 0 Å². The molecule has 0 radical (unpaired) electrons. The lowest BCUT2D eigenvalue weighted by Crippen LogP contribution is -2.35. The van der Waals surface area contributed by atoms with Crippen molar-refractivity contribution in [3.05, 3.63) is 33.9 Å². The number of amides is 1. The molecule has 110 valence electrons. The van der Waals surface area contributed by atoms with Crippen molar-refractivity contribution < 1.29 is 9.72 Å². The van der Waals surface area contributed by atoms with Crippen LogP contribution in [0.2, 0.25) is 0 Å². The third-order valence-corrected chi connectivity index (χ3v) is 3.81. The molecule has 0 aromatic heterocycles. The highest BCUT2D eigenvalue weighted by Gasteiger charge is 2.25. The van der Waals surface area contributed by atoms with Gasteiger partial charge in [0.2, 0.25) is 0 Å². The molecule has 0 fully saturated rings. The number of hydrogen-bond acceptors (Lipinski definition) is 5. The third kappa shape index (κ3) is 3.86. The Bertz CT molecular complexity index is 508. The molecule has 1 amide bonds. The van der Waals surface area contributed by atoms with Crippen LogP contribution in [-0.2, 0) is 0 Å². The number of hydrogen-bond donors (Lipinski definition) is 1. The molecule has 0 aliphatic carbocycles. The number of nitro groups is 1. The monoisotopic (exact) mass is 297 g/mol. The Kier molecular flexibility index (Phi) is 5.82. The van der Waals surface area contributed by atoms with Crippen molar-refractivity contribution in [3.63, 3.8) is 0 Å². The Morgan fingerprint density at radius 3 is 2.75 bits per heavy atom. The SMILES string of the molecule is CSCCC(C)N(C)C(=O)c1cc(N)ccc1[N+](=O)[O-]. The average Bonchev–Trinajstić information content (AvgIpc) is 2.42. The zero-order valence-corrected chi connectivity index (χ0v) is 12.6. The highest BCUT2D eigenvalue weighted by molar-refractivity contribution is 7.98. The molecule has 0 saturated carbocycles. The number of anilines is 1. The predicted molar refractivity (Wildman–Crippen MR) is 82.1 cm³/mol. The van der Waals surface area contributed by atoms with Crippen LogP contribution >= 0.6 is 11.8 Å². The van der Waals surface area contributed by atoms with E-state index in [1.807, 2.05) is 13.2 Å². The van der Waals surface area contributed by atoms with Crippen LogP contribution in [0.5, 0.6) is 0 Å². The van der Waals surface area contributed by atoms with Crippen molar-refractivity contribution in [2.75, 3.05) is 24.8 Å². The summed E-state index contributed by atoms with van der Waals surface area (Å²) in [7, 11) is 1.65. The van der Waals surface area contributed by atoms with Crippen LogP contribution in [0.25, 0.3) is 0 Å². The number of nitrogens with zero attached hydrogens (tertiary/aromatic N) is 2. The molecular formula is C13H19N3O3S. The smallest absolute Gasteiger partial charge is 0.282 e. The molecule has 0 saturated heterocycles. The van der Waals surface area contributed by atoms with Gasteiger partial charge in [0.25, 0.3) is 11.6 Å². The van der Waals surface area contributed by atoms with Crippen molar-refractivity contribution in [3.8, 4) is 0 Å². The summed E-state index contributed by atoms with van der Waals surface area (Å²) in [6.07, 6.45) is 2.83. The molecule has 1 aromatic rings. The normalized spacial score (nSPS) is 11.9. The van der Waals surface area contributed by atoms with Crippen LogP contribution in [0, 0.1) is 10.1 Å². The van der Waals surface area contributed by atoms with Crippen molar-refractivity contribution in [1.29, 1.82) is 0 Å². The van der Waals surface area contributed by atoms with Gasteiger partial charge in [-0.3, -0.25) is 14.9 Å². The lowest BCUT2D eigenvalue weighted by Gasteiger charge is -2.24. The Balaban J connectivity index is 3.01.